The molecule has 1 rings (SSSR count). The van der Waals surface area contributed by atoms with Gasteiger partial charge in [-0.3, -0.25) is 0 Å². The van der Waals surface area contributed by atoms with E-state index in [-0.39, 0.29) is 11.6 Å². The van der Waals surface area contributed by atoms with E-state index in [0.29, 0.717) is 11.7 Å². The number of carbonyl (C=O) groups is 1. The molecule has 0 spiro atoms. The highest BCUT2D eigenvalue weighted by atomic mass is 16.4. The van der Waals surface area contributed by atoms with Gasteiger partial charge in [-0.05, 0) is 31.4 Å². The van der Waals surface area contributed by atoms with Crippen LogP contribution in [0, 0.1) is 12.8 Å². The van der Waals surface area contributed by atoms with Crippen molar-refractivity contribution in [2.45, 2.75) is 33.7 Å². The van der Waals surface area contributed by atoms with Crippen LogP contribution < -0.4 is 5.32 Å². The number of aryl methyl sites for hydroxylation is 1. The average molecular weight is 222 g/mol. The summed E-state index contributed by atoms with van der Waals surface area (Å²) >= 11 is 0. The Kier molecular flexibility index (Phi) is 3.88. The molecule has 0 aliphatic heterocycles. The molecule has 0 aromatic carbocycles. The fraction of sp³-hybridized carbons (Fsp3) is 0.500. The van der Waals surface area contributed by atoms with Gasteiger partial charge in [-0.2, -0.15) is 0 Å². The molecular weight excluding hydrogens is 204 g/mol. The molecule has 0 radical (unpaired) electrons. The van der Waals surface area contributed by atoms with Crippen LogP contribution >= 0.6 is 0 Å². The van der Waals surface area contributed by atoms with Gasteiger partial charge >= 0.3 is 5.97 Å². The number of hydrogen-bond acceptors (Lipinski definition) is 3. The molecule has 4 heteroatoms. The van der Waals surface area contributed by atoms with Gasteiger partial charge in [0.25, 0.3) is 0 Å². The van der Waals surface area contributed by atoms with Gasteiger partial charge in [0.2, 0.25) is 0 Å². The third kappa shape index (κ3) is 2.72. The molecule has 88 valence electrons. The van der Waals surface area contributed by atoms with Crippen LogP contribution in [0.3, 0.4) is 0 Å². The molecule has 0 saturated carbocycles. The van der Waals surface area contributed by atoms with Crippen molar-refractivity contribution in [2.75, 3.05) is 5.32 Å². The maximum Gasteiger partial charge on any atom is 0.339 e. The minimum atomic E-state index is -0.941. The van der Waals surface area contributed by atoms with Gasteiger partial charge in [-0.25, -0.2) is 9.78 Å². The molecule has 2 N–H and O–H groups in total. The Morgan fingerprint density at radius 3 is 2.56 bits per heavy atom. The lowest BCUT2D eigenvalue weighted by molar-refractivity contribution is 0.0696. The van der Waals surface area contributed by atoms with Crippen molar-refractivity contribution in [1.82, 2.24) is 4.98 Å². The number of anilines is 1. The van der Waals surface area contributed by atoms with E-state index in [0.717, 1.165) is 5.56 Å². The van der Waals surface area contributed by atoms with Crippen LogP contribution in [0.25, 0.3) is 0 Å². The fourth-order valence-electron chi connectivity index (χ4n) is 1.32. The Morgan fingerprint density at radius 2 is 2.06 bits per heavy atom. The Balaban J connectivity index is 3.04. The Bertz CT molecular complexity index is 389. The van der Waals surface area contributed by atoms with Crippen LogP contribution in [0.15, 0.2) is 12.3 Å². The Labute approximate surface area is 95.7 Å². The van der Waals surface area contributed by atoms with E-state index in [4.69, 9.17) is 5.11 Å². The van der Waals surface area contributed by atoms with Crippen molar-refractivity contribution < 1.29 is 9.90 Å². The van der Waals surface area contributed by atoms with E-state index >= 15 is 0 Å². The SMILES string of the molecule is Cc1ccnc(NC(C)C(C)C)c1C(=O)O. The van der Waals surface area contributed by atoms with Crippen molar-refractivity contribution >= 4 is 11.8 Å². The lowest BCUT2D eigenvalue weighted by Gasteiger charge is -2.19. The fourth-order valence-corrected chi connectivity index (χ4v) is 1.32. The summed E-state index contributed by atoms with van der Waals surface area (Å²) in [6.45, 7) is 7.94. The number of aromatic nitrogens is 1. The molecule has 1 aromatic heterocycles. The molecule has 1 heterocycles. The first kappa shape index (κ1) is 12.5. The summed E-state index contributed by atoms with van der Waals surface area (Å²) in [7, 11) is 0. The third-order valence-corrected chi connectivity index (χ3v) is 2.74. The van der Waals surface area contributed by atoms with E-state index < -0.39 is 5.97 Å². The molecule has 1 atom stereocenters. The molecular formula is C12H18N2O2. The smallest absolute Gasteiger partial charge is 0.339 e. The average Bonchev–Trinajstić information content (AvgIpc) is 2.16. The number of carboxylic acid groups (broad SMARTS) is 1. The second-order valence-electron chi connectivity index (χ2n) is 4.33. The molecule has 0 fully saturated rings. The first-order valence-corrected chi connectivity index (χ1v) is 5.39. The van der Waals surface area contributed by atoms with Crippen molar-refractivity contribution in [3.05, 3.63) is 23.4 Å². The van der Waals surface area contributed by atoms with Crippen LogP contribution in [0.5, 0.6) is 0 Å². The molecule has 0 amide bonds. The van der Waals surface area contributed by atoms with Crippen molar-refractivity contribution in [3.63, 3.8) is 0 Å². The highest BCUT2D eigenvalue weighted by molar-refractivity contribution is 5.94. The lowest BCUT2D eigenvalue weighted by Crippen LogP contribution is -2.24. The summed E-state index contributed by atoms with van der Waals surface area (Å²) in [6.07, 6.45) is 1.62. The number of carboxylic acids is 1. The van der Waals surface area contributed by atoms with Crippen molar-refractivity contribution in [3.8, 4) is 0 Å². The molecule has 0 aliphatic rings. The van der Waals surface area contributed by atoms with Gasteiger partial charge in [0.1, 0.15) is 11.4 Å². The summed E-state index contributed by atoms with van der Waals surface area (Å²) in [5.41, 5.74) is 0.982. The number of rotatable bonds is 4. The topological polar surface area (TPSA) is 62.2 Å². The predicted molar refractivity (Wildman–Crippen MR) is 63.9 cm³/mol. The standard InChI is InChI=1S/C12H18N2O2/c1-7(2)9(4)14-11-10(12(15)16)8(3)5-6-13-11/h5-7,9H,1-4H3,(H,13,14)(H,15,16). The number of pyridine rings is 1. The quantitative estimate of drug-likeness (QED) is 0.821. The van der Waals surface area contributed by atoms with E-state index in [9.17, 15) is 4.79 Å². The van der Waals surface area contributed by atoms with Crippen LogP contribution in [-0.2, 0) is 0 Å². The highest BCUT2D eigenvalue weighted by Gasteiger charge is 2.16. The van der Waals surface area contributed by atoms with Crippen LogP contribution in [0.1, 0.15) is 36.7 Å². The summed E-state index contributed by atoms with van der Waals surface area (Å²) in [5.74, 6) is -0.0679. The minimum absolute atomic E-state index is 0.187. The summed E-state index contributed by atoms with van der Waals surface area (Å²) in [5, 5.41) is 12.3. The minimum Gasteiger partial charge on any atom is -0.478 e. The first-order chi connectivity index (χ1) is 7.43. The number of hydrogen-bond donors (Lipinski definition) is 2. The number of nitrogens with zero attached hydrogens (tertiary/aromatic N) is 1. The van der Waals surface area contributed by atoms with Gasteiger partial charge < -0.3 is 10.4 Å². The Morgan fingerprint density at radius 1 is 1.44 bits per heavy atom. The molecule has 16 heavy (non-hydrogen) atoms. The van der Waals surface area contributed by atoms with Gasteiger partial charge in [0.15, 0.2) is 0 Å². The number of nitrogens with one attached hydrogen (secondary N) is 1. The maximum atomic E-state index is 11.1. The second kappa shape index (κ2) is 4.96. The van der Waals surface area contributed by atoms with Gasteiger partial charge in [0, 0.05) is 12.2 Å². The van der Waals surface area contributed by atoms with Crippen LogP contribution in [-0.4, -0.2) is 22.1 Å². The van der Waals surface area contributed by atoms with E-state index in [1.54, 1.807) is 19.2 Å². The predicted octanol–water partition coefficient (Wildman–Crippen LogP) is 2.54. The summed E-state index contributed by atoms with van der Waals surface area (Å²) < 4.78 is 0. The van der Waals surface area contributed by atoms with Crippen LogP contribution in [0.2, 0.25) is 0 Å². The first-order valence-electron chi connectivity index (χ1n) is 5.39. The zero-order valence-electron chi connectivity index (χ0n) is 10.1. The zero-order chi connectivity index (χ0) is 12.3. The lowest BCUT2D eigenvalue weighted by atomic mass is 10.1. The molecule has 1 unspecified atom stereocenters. The number of aromatic carboxylic acids is 1. The molecule has 0 saturated heterocycles. The van der Waals surface area contributed by atoms with Crippen molar-refractivity contribution in [2.24, 2.45) is 5.92 Å². The van der Waals surface area contributed by atoms with E-state index in [1.807, 2.05) is 6.92 Å². The summed E-state index contributed by atoms with van der Waals surface area (Å²) in [6, 6.07) is 1.89. The largest absolute Gasteiger partial charge is 0.478 e. The maximum absolute atomic E-state index is 11.1. The van der Waals surface area contributed by atoms with Crippen LogP contribution in [0.4, 0.5) is 5.82 Å². The molecule has 0 aliphatic carbocycles. The second-order valence-corrected chi connectivity index (χ2v) is 4.33. The Hall–Kier alpha value is -1.58. The monoisotopic (exact) mass is 222 g/mol. The van der Waals surface area contributed by atoms with Gasteiger partial charge in [-0.1, -0.05) is 13.8 Å². The van der Waals surface area contributed by atoms with E-state index in [2.05, 4.69) is 24.1 Å². The summed E-state index contributed by atoms with van der Waals surface area (Å²) in [4.78, 5) is 15.2. The normalized spacial score (nSPS) is 12.6. The van der Waals surface area contributed by atoms with Crippen molar-refractivity contribution in [1.29, 1.82) is 0 Å². The van der Waals surface area contributed by atoms with Gasteiger partial charge in [0.05, 0.1) is 0 Å². The molecule has 0 bridgehead atoms. The highest BCUT2D eigenvalue weighted by Crippen LogP contribution is 2.18. The molecule has 1 aromatic rings. The zero-order valence-corrected chi connectivity index (χ0v) is 10.1. The van der Waals surface area contributed by atoms with Gasteiger partial charge in [-0.15, -0.1) is 0 Å². The van der Waals surface area contributed by atoms with E-state index in [1.165, 1.54) is 0 Å². The third-order valence-electron chi connectivity index (χ3n) is 2.74. The molecule has 4 nitrogen and oxygen atoms in total.